The van der Waals surface area contributed by atoms with E-state index in [1.807, 2.05) is 0 Å². The first-order valence-corrected chi connectivity index (χ1v) is 9.42. The second-order valence-electron chi connectivity index (χ2n) is 7.28. The Morgan fingerprint density at radius 2 is 2.10 bits per heavy atom. The summed E-state index contributed by atoms with van der Waals surface area (Å²) in [6.07, 6.45) is 0.202. The number of rotatable bonds is 5. The first-order chi connectivity index (χ1) is 14.9. The van der Waals surface area contributed by atoms with Crippen LogP contribution in [0.4, 0.5) is 18.9 Å². The third-order valence-electron chi connectivity index (χ3n) is 5.09. The van der Waals surface area contributed by atoms with Gasteiger partial charge in [-0.3, -0.25) is 9.20 Å². The van der Waals surface area contributed by atoms with Crippen molar-refractivity contribution in [3.8, 4) is 11.4 Å². The average Bonchev–Trinajstić information content (AvgIpc) is 3.16. The van der Waals surface area contributed by atoms with E-state index in [1.54, 1.807) is 25.1 Å². The molecule has 11 heteroatoms. The van der Waals surface area contributed by atoms with Crippen molar-refractivity contribution >= 4 is 17.2 Å². The molecular formula is C20H15F3N6O2. The number of carbonyl (C=O) groups excluding carboxylic acids is 1. The van der Waals surface area contributed by atoms with Crippen LogP contribution < -0.4 is 5.32 Å². The van der Waals surface area contributed by atoms with Crippen molar-refractivity contribution in [3.05, 3.63) is 59.6 Å². The number of alkyl halides is 3. The molecule has 0 radical (unpaired) electrons. The second-order valence-corrected chi connectivity index (χ2v) is 7.28. The Bertz CT molecular complexity index is 1300. The highest BCUT2D eigenvalue weighted by molar-refractivity contribution is 6.04. The maximum Gasteiger partial charge on any atom is 0.281 e. The van der Waals surface area contributed by atoms with Crippen molar-refractivity contribution in [2.45, 2.75) is 31.9 Å². The van der Waals surface area contributed by atoms with E-state index in [1.165, 1.54) is 16.8 Å². The molecule has 1 aromatic carbocycles. The van der Waals surface area contributed by atoms with Gasteiger partial charge in [0.2, 0.25) is 11.7 Å². The molecule has 1 aliphatic carbocycles. The molecule has 0 bridgehead atoms. The predicted octanol–water partition coefficient (Wildman–Crippen LogP) is 4.10. The minimum atomic E-state index is -2.77. The van der Waals surface area contributed by atoms with Crippen LogP contribution >= 0.6 is 0 Å². The molecule has 5 rings (SSSR count). The number of aryl methyl sites for hydroxylation is 1. The zero-order chi connectivity index (χ0) is 21.7. The number of fused-ring (bicyclic) bond motifs is 1. The number of hydrogen-bond donors (Lipinski definition) is 1. The Hall–Kier alpha value is -3.76. The molecule has 0 unspecified atom stereocenters. The molecule has 1 amide bonds. The Morgan fingerprint density at radius 1 is 1.29 bits per heavy atom. The molecule has 1 saturated carbocycles. The zero-order valence-corrected chi connectivity index (χ0v) is 16.1. The van der Waals surface area contributed by atoms with Crippen LogP contribution in [0.15, 0.2) is 41.3 Å². The SMILES string of the molecule is Cc1ccc(-c2noc([C@H]3C[C@@H]3F)n2)cc1NC(=O)c1cnc2cnc(C(F)F)cn12. The lowest BCUT2D eigenvalue weighted by molar-refractivity contribution is 0.102. The van der Waals surface area contributed by atoms with E-state index in [0.717, 1.165) is 11.8 Å². The van der Waals surface area contributed by atoms with Crippen LogP contribution in [0.25, 0.3) is 17.0 Å². The van der Waals surface area contributed by atoms with Gasteiger partial charge in [0.1, 0.15) is 17.6 Å². The van der Waals surface area contributed by atoms with Crippen LogP contribution in [0, 0.1) is 6.92 Å². The lowest BCUT2D eigenvalue weighted by atomic mass is 10.1. The Kier molecular flexibility index (Phi) is 4.45. The van der Waals surface area contributed by atoms with Crippen LogP contribution in [0.5, 0.6) is 0 Å². The Labute approximate surface area is 173 Å². The van der Waals surface area contributed by atoms with Gasteiger partial charge >= 0.3 is 0 Å². The topological polar surface area (TPSA) is 98.2 Å². The maximum absolute atomic E-state index is 13.2. The van der Waals surface area contributed by atoms with Crippen molar-refractivity contribution in [2.75, 3.05) is 5.32 Å². The van der Waals surface area contributed by atoms with Gasteiger partial charge in [0, 0.05) is 17.4 Å². The summed E-state index contributed by atoms with van der Waals surface area (Å²) in [7, 11) is 0. The summed E-state index contributed by atoms with van der Waals surface area (Å²) in [6, 6.07) is 5.19. The molecule has 158 valence electrons. The number of anilines is 1. The smallest absolute Gasteiger partial charge is 0.281 e. The molecule has 8 nitrogen and oxygen atoms in total. The van der Waals surface area contributed by atoms with E-state index >= 15 is 0 Å². The zero-order valence-electron chi connectivity index (χ0n) is 16.1. The number of benzene rings is 1. The van der Waals surface area contributed by atoms with Crippen molar-refractivity contribution in [1.29, 1.82) is 0 Å². The number of halogens is 3. The number of nitrogens with one attached hydrogen (secondary N) is 1. The molecule has 3 heterocycles. The van der Waals surface area contributed by atoms with E-state index < -0.39 is 24.2 Å². The Morgan fingerprint density at radius 3 is 2.84 bits per heavy atom. The quantitative estimate of drug-likeness (QED) is 0.514. The maximum atomic E-state index is 13.2. The van der Waals surface area contributed by atoms with E-state index in [0.29, 0.717) is 17.7 Å². The van der Waals surface area contributed by atoms with Crippen molar-refractivity contribution in [3.63, 3.8) is 0 Å². The van der Waals surface area contributed by atoms with E-state index in [4.69, 9.17) is 4.52 Å². The van der Waals surface area contributed by atoms with Crippen LogP contribution in [0.3, 0.4) is 0 Å². The van der Waals surface area contributed by atoms with Crippen molar-refractivity contribution < 1.29 is 22.5 Å². The van der Waals surface area contributed by atoms with Gasteiger partial charge in [-0.1, -0.05) is 17.3 Å². The number of hydrogen-bond acceptors (Lipinski definition) is 6. The second kappa shape index (κ2) is 7.18. The molecule has 1 aliphatic rings. The molecule has 2 atom stereocenters. The summed E-state index contributed by atoms with van der Waals surface area (Å²) < 4.78 is 45.6. The normalized spacial score (nSPS) is 18.0. The molecule has 0 spiro atoms. The van der Waals surface area contributed by atoms with Gasteiger partial charge in [-0.2, -0.15) is 4.98 Å². The fourth-order valence-electron chi connectivity index (χ4n) is 3.19. The monoisotopic (exact) mass is 428 g/mol. The summed E-state index contributed by atoms with van der Waals surface area (Å²) in [4.78, 5) is 24.7. The van der Waals surface area contributed by atoms with Gasteiger partial charge in [0.05, 0.1) is 18.3 Å². The molecule has 3 aromatic heterocycles. The van der Waals surface area contributed by atoms with Crippen molar-refractivity contribution in [2.24, 2.45) is 0 Å². The van der Waals surface area contributed by atoms with Gasteiger partial charge in [0.25, 0.3) is 12.3 Å². The first-order valence-electron chi connectivity index (χ1n) is 9.42. The van der Waals surface area contributed by atoms with Crippen LogP contribution in [-0.4, -0.2) is 36.6 Å². The third-order valence-corrected chi connectivity index (χ3v) is 5.09. The van der Waals surface area contributed by atoms with E-state index in [9.17, 15) is 18.0 Å². The fraction of sp³-hybridized carbons (Fsp3) is 0.250. The summed E-state index contributed by atoms with van der Waals surface area (Å²) in [5.41, 5.74) is 1.70. The van der Waals surface area contributed by atoms with Crippen molar-refractivity contribution in [1.82, 2.24) is 24.5 Å². The molecule has 1 N–H and O–H groups in total. The van der Waals surface area contributed by atoms with Gasteiger partial charge in [-0.05, 0) is 25.0 Å². The molecular weight excluding hydrogens is 413 g/mol. The first kappa shape index (κ1) is 19.2. The van der Waals surface area contributed by atoms with Gasteiger partial charge < -0.3 is 9.84 Å². The van der Waals surface area contributed by atoms with E-state index in [-0.39, 0.29) is 29.0 Å². The number of aromatic nitrogens is 5. The van der Waals surface area contributed by atoms with Crippen LogP contribution in [-0.2, 0) is 0 Å². The molecule has 1 fully saturated rings. The minimum absolute atomic E-state index is 0.0775. The molecule has 31 heavy (non-hydrogen) atoms. The Balaban J connectivity index is 1.43. The van der Waals surface area contributed by atoms with Crippen LogP contribution in [0.2, 0.25) is 0 Å². The highest BCUT2D eigenvalue weighted by atomic mass is 19.3. The number of nitrogens with zero attached hydrogens (tertiary/aromatic N) is 5. The van der Waals surface area contributed by atoms with E-state index in [2.05, 4.69) is 25.4 Å². The van der Waals surface area contributed by atoms with Gasteiger partial charge in [-0.15, -0.1) is 0 Å². The standard InChI is InChI=1S/C20H15F3N6O2/c1-9-2-3-10(18-27-20(31-28-18)11-5-12(11)21)4-13(9)26-19(30)15-6-25-16-7-24-14(17(22)23)8-29(15)16/h2-4,6-8,11-12,17H,5H2,1H3,(H,26,30)/t11-,12-/m0/s1. The minimum Gasteiger partial charge on any atom is -0.339 e. The largest absolute Gasteiger partial charge is 0.339 e. The molecule has 4 aromatic rings. The summed E-state index contributed by atoms with van der Waals surface area (Å²) in [6.45, 7) is 1.80. The number of imidazole rings is 1. The third kappa shape index (κ3) is 3.51. The number of amides is 1. The lowest BCUT2D eigenvalue weighted by Crippen LogP contribution is -2.15. The highest BCUT2D eigenvalue weighted by Gasteiger charge is 2.43. The van der Waals surface area contributed by atoms with Crippen LogP contribution in [0.1, 0.15) is 46.4 Å². The van der Waals surface area contributed by atoms with Gasteiger partial charge in [-0.25, -0.2) is 23.1 Å². The molecule has 0 aliphatic heterocycles. The summed E-state index contributed by atoms with van der Waals surface area (Å²) in [5.74, 6) is -0.352. The fourth-order valence-corrected chi connectivity index (χ4v) is 3.19. The van der Waals surface area contributed by atoms with Gasteiger partial charge in [0.15, 0.2) is 5.65 Å². The lowest BCUT2D eigenvalue weighted by Gasteiger charge is -2.10. The highest BCUT2D eigenvalue weighted by Crippen LogP contribution is 2.43. The average molecular weight is 428 g/mol. The molecule has 0 saturated heterocycles. The summed E-state index contributed by atoms with van der Waals surface area (Å²) >= 11 is 0. The predicted molar refractivity (Wildman–Crippen MR) is 103 cm³/mol. The summed E-state index contributed by atoms with van der Waals surface area (Å²) in [5, 5.41) is 6.65. The number of carbonyl (C=O) groups is 1.